The summed E-state index contributed by atoms with van der Waals surface area (Å²) in [6.07, 6.45) is 1.76. The quantitative estimate of drug-likeness (QED) is 0.903. The molecule has 1 saturated heterocycles. The van der Waals surface area contributed by atoms with Crippen LogP contribution in [0, 0.1) is 0 Å². The molecule has 2 heterocycles. The van der Waals surface area contributed by atoms with E-state index in [4.69, 9.17) is 9.52 Å². The monoisotopic (exact) mass is 301 g/mol. The molecule has 3 rings (SSSR count). The van der Waals surface area contributed by atoms with E-state index in [0.717, 1.165) is 37.5 Å². The number of piperazine rings is 1. The summed E-state index contributed by atoms with van der Waals surface area (Å²) < 4.78 is 5.80. The summed E-state index contributed by atoms with van der Waals surface area (Å²) in [6, 6.07) is 9.90. The fourth-order valence-corrected chi connectivity index (χ4v) is 2.61. The van der Waals surface area contributed by atoms with Gasteiger partial charge in [0.05, 0.1) is 19.3 Å². The summed E-state index contributed by atoms with van der Waals surface area (Å²) in [5.41, 5.74) is 1.02. The molecule has 0 atom stereocenters. The molecule has 22 heavy (non-hydrogen) atoms. The molecule has 0 saturated carbocycles. The van der Waals surface area contributed by atoms with Gasteiger partial charge in [-0.25, -0.2) is 4.98 Å². The van der Waals surface area contributed by atoms with Crippen LogP contribution in [0.15, 0.2) is 40.9 Å². The Morgan fingerprint density at radius 1 is 1.14 bits per heavy atom. The number of aromatic nitrogens is 1. The van der Waals surface area contributed by atoms with Crippen molar-refractivity contribution < 1.29 is 14.3 Å². The van der Waals surface area contributed by atoms with Gasteiger partial charge in [-0.15, -0.1) is 0 Å². The first-order chi connectivity index (χ1) is 10.7. The van der Waals surface area contributed by atoms with Crippen molar-refractivity contribution in [2.24, 2.45) is 0 Å². The number of hydrogen-bond donors (Lipinski definition) is 1. The highest BCUT2D eigenvalue weighted by Crippen LogP contribution is 2.20. The maximum Gasteiger partial charge on any atom is 0.317 e. The van der Waals surface area contributed by atoms with Crippen LogP contribution in [0.3, 0.4) is 0 Å². The maximum absolute atomic E-state index is 10.7. The van der Waals surface area contributed by atoms with Crippen molar-refractivity contribution in [3.05, 3.63) is 42.4 Å². The van der Waals surface area contributed by atoms with Crippen molar-refractivity contribution in [2.75, 3.05) is 32.7 Å². The van der Waals surface area contributed by atoms with Crippen molar-refractivity contribution >= 4 is 5.97 Å². The van der Waals surface area contributed by atoms with Crippen LogP contribution in [-0.4, -0.2) is 58.6 Å². The van der Waals surface area contributed by atoms with E-state index in [1.165, 1.54) is 0 Å². The third-order valence-corrected chi connectivity index (χ3v) is 3.79. The summed E-state index contributed by atoms with van der Waals surface area (Å²) in [5, 5.41) is 8.80. The van der Waals surface area contributed by atoms with Crippen LogP contribution in [0.1, 0.15) is 5.89 Å². The number of carbonyl (C=O) groups is 1. The highest BCUT2D eigenvalue weighted by atomic mass is 16.4. The molecule has 2 aromatic rings. The molecule has 6 nitrogen and oxygen atoms in total. The highest BCUT2D eigenvalue weighted by Gasteiger charge is 2.20. The zero-order chi connectivity index (χ0) is 15.4. The minimum absolute atomic E-state index is 0.116. The Balaban J connectivity index is 1.55. The van der Waals surface area contributed by atoms with Crippen LogP contribution in [-0.2, 0) is 11.3 Å². The van der Waals surface area contributed by atoms with Gasteiger partial charge in [-0.1, -0.05) is 30.3 Å². The van der Waals surface area contributed by atoms with E-state index in [1.807, 2.05) is 35.2 Å². The van der Waals surface area contributed by atoms with E-state index in [-0.39, 0.29) is 6.54 Å². The lowest BCUT2D eigenvalue weighted by molar-refractivity contribution is -0.138. The van der Waals surface area contributed by atoms with Gasteiger partial charge in [-0.05, 0) is 0 Å². The predicted molar refractivity (Wildman–Crippen MR) is 81.3 cm³/mol. The average molecular weight is 301 g/mol. The fraction of sp³-hybridized carbons (Fsp3) is 0.375. The SMILES string of the molecule is O=C(O)CN1CCN(Cc2ncc(-c3ccccc3)o2)CC1. The van der Waals surface area contributed by atoms with E-state index in [1.54, 1.807) is 6.20 Å². The minimum Gasteiger partial charge on any atom is -0.480 e. The molecule has 1 fully saturated rings. The topological polar surface area (TPSA) is 69.8 Å². The summed E-state index contributed by atoms with van der Waals surface area (Å²) in [6.45, 7) is 3.96. The molecule has 0 spiro atoms. The number of carboxylic acids is 1. The van der Waals surface area contributed by atoms with Crippen molar-refractivity contribution in [3.63, 3.8) is 0 Å². The largest absolute Gasteiger partial charge is 0.480 e. The Hall–Kier alpha value is -2.18. The van der Waals surface area contributed by atoms with Gasteiger partial charge in [-0.2, -0.15) is 0 Å². The number of benzene rings is 1. The summed E-state index contributed by atoms with van der Waals surface area (Å²) in [4.78, 5) is 19.2. The number of aliphatic carboxylic acids is 1. The zero-order valence-corrected chi connectivity index (χ0v) is 12.3. The van der Waals surface area contributed by atoms with Gasteiger partial charge in [0, 0.05) is 31.7 Å². The standard InChI is InChI=1S/C16H19N3O3/c20-16(21)12-19-8-6-18(7-9-19)11-15-17-10-14(22-15)13-4-2-1-3-5-13/h1-5,10H,6-9,11-12H2,(H,20,21). The summed E-state index contributed by atoms with van der Waals surface area (Å²) >= 11 is 0. The molecule has 0 bridgehead atoms. The molecule has 6 heteroatoms. The van der Waals surface area contributed by atoms with E-state index in [0.29, 0.717) is 12.4 Å². The van der Waals surface area contributed by atoms with Crippen LogP contribution in [0.4, 0.5) is 0 Å². The van der Waals surface area contributed by atoms with Crippen molar-refractivity contribution in [3.8, 4) is 11.3 Å². The highest BCUT2D eigenvalue weighted by molar-refractivity contribution is 5.69. The third-order valence-electron chi connectivity index (χ3n) is 3.79. The van der Waals surface area contributed by atoms with Gasteiger partial charge in [0.2, 0.25) is 5.89 Å². The molecule has 1 aromatic heterocycles. The van der Waals surface area contributed by atoms with Crippen molar-refractivity contribution in [1.29, 1.82) is 0 Å². The van der Waals surface area contributed by atoms with Gasteiger partial charge in [0.25, 0.3) is 0 Å². The van der Waals surface area contributed by atoms with Gasteiger partial charge < -0.3 is 9.52 Å². The number of nitrogens with zero attached hydrogens (tertiary/aromatic N) is 3. The van der Waals surface area contributed by atoms with E-state index >= 15 is 0 Å². The second kappa shape index (κ2) is 6.72. The molecule has 1 N–H and O–H groups in total. The average Bonchev–Trinajstić information content (AvgIpc) is 2.98. The molecule has 1 aromatic carbocycles. The van der Waals surface area contributed by atoms with E-state index < -0.39 is 5.97 Å². The molecular weight excluding hydrogens is 282 g/mol. The van der Waals surface area contributed by atoms with Crippen LogP contribution < -0.4 is 0 Å². The van der Waals surface area contributed by atoms with Crippen LogP contribution >= 0.6 is 0 Å². The first-order valence-electron chi connectivity index (χ1n) is 7.37. The number of oxazole rings is 1. The summed E-state index contributed by atoms with van der Waals surface area (Å²) in [7, 11) is 0. The van der Waals surface area contributed by atoms with Gasteiger partial charge >= 0.3 is 5.97 Å². The van der Waals surface area contributed by atoms with E-state index in [2.05, 4.69) is 9.88 Å². The second-order valence-corrected chi connectivity index (χ2v) is 5.43. The Labute approximate surface area is 129 Å². The molecular formula is C16H19N3O3. The molecule has 0 aliphatic carbocycles. The van der Waals surface area contributed by atoms with Crippen molar-refractivity contribution in [1.82, 2.24) is 14.8 Å². The second-order valence-electron chi connectivity index (χ2n) is 5.43. The first-order valence-corrected chi connectivity index (χ1v) is 7.37. The van der Waals surface area contributed by atoms with E-state index in [9.17, 15) is 4.79 Å². The molecule has 0 unspecified atom stereocenters. The Morgan fingerprint density at radius 2 is 1.82 bits per heavy atom. The lowest BCUT2D eigenvalue weighted by Crippen LogP contribution is -2.47. The van der Waals surface area contributed by atoms with Crippen LogP contribution in [0.25, 0.3) is 11.3 Å². The molecule has 1 aliphatic heterocycles. The molecule has 0 amide bonds. The van der Waals surface area contributed by atoms with Gasteiger partial charge in [-0.3, -0.25) is 14.6 Å². The minimum atomic E-state index is -0.770. The van der Waals surface area contributed by atoms with Crippen molar-refractivity contribution in [2.45, 2.75) is 6.54 Å². The number of rotatable bonds is 5. The van der Waals surface area contributed by atoms with Crippen LogP contribution in [0.2, 0.25) is 0 Å². The fourth-order valence-electron chi connectivity index (χ4n) is 2.61. The molecule has 116 valence electrons. The van der Waals surface area contributed by atoms with Gasteiger partial charge in [0.1, 0.15) is 0 Å². The lowest BCUT2D eigenvalue weighted by atomic mass is 10.2. The molecule has 1 aliphatic rings. The Kier molecular flexibility index (Phi) is 4.50. The zero-order valence-electron chi connectivity index (χ0n) is 12.3. The smallest absolute Gasteiger partial charge is 0.317 e. The third kappa shape index (κ3) is 3.72. The number of carboxylic acid groups (broad SMARTS) is 1. The number of hydrogen-bond acceptors (Lipinski definition) is 5. The lowest BCUT2D eigenvalue weighted by Gasteiger charge is -2.32. The normalized spacial score (nSPS) is 16.7. The molecule has 0 radical (unpaired) electrons. The van der Waals surface area contributed by atoms with Crippen LogP contribution in [0.5, 0.6) is 0 Å². The predicted octanol–water partition coefficient (Wildman–Crippen LogP) is 1.54. The Bertz CT molecular complexity index is 619. The van der Waals surface area contributed by atoms with Gasteiger partial charge in [0.15, 0.2) is 5.76 Å². The Morgan fingerprint density at radius 3 is 2.50 bits per heavy atom. The first kappa shape index (κ1) is 14.7. The maximum atomic E-state index is 10.7. The summed E-state index contributed by atoms with van der Waals surface area (Å²) in [5.74, 6) is 0.708.